The van der Waals surface area contributed by atoms with Gasteiger partial charge in [-0.3, -0.25) is 52.7 Å². The summed E-state index contributed by atoms with van der Waals surface area (Å²) < 4.78 is 0. The molecule has 0 spiro atoms. The lowest BCUT2D eigenvalue weighted by atomic mass is 10.0. The normalized spacial score (nSPS) is 13.8. The second-order valence-corrected chi connectivity index (χ2v) is 20.5. The number of para-hydroxylation sites is 2. The molecule has 7 atom stereocenters. The fraction of sp³-hybridized carbons (Fsp3) is 0.462. The summed E-state index contributed by atoms with van der Waals surface area (Å²) in [6, 6.07) is 4.55. The Hall–Kier alpha value is -8.49. The zero-order valence-electron chi connectivity index (χ0n) is 45.0. The van der Waals surface area contributed by atoms with Crippen LogP contribution in [0.15, 0.2) is 67.3 Å². The van der Waals surface area contributed by atoms with Gasteiger partial charge in [-0.15, -0.1) is 0 Å². The Bertz CT molecular complexity index is 2790. The molecule has 79 heavy (non-hydrogen) atoms. The van der Waals surface area contributed by atoms with Crippen LogP contribution in [0.25, 0.3) is 10.9 Å². The molecule has 2 aromatic carbocycles. The number of nitrogens with one attached hydrogen (secondary N) is 11. The second kappa shape index (κ2) is 31.0. The molecule has 0 unspecified atom stereocenters. The maximum Gasteiger partial charge on any atom is 0.253 e. The van der Waals surface area contributed by atoms with Gasteiger partial charge in [-0.05, 0) is 73.8 Å². The lowest BCUT2D eigenvalue weighted by Crippen LogP contribution is -2.59. The lowest BCUT2D eigenvalue weighted by Gasteiger charge is -2.26. The number of amides is 11. The third kappa shape index (κ3) is 20.4. The summed E-state index contributed by atoms with van der Waals surface area (Å²) >= 11 is 1.46. The smallest absolute Gasteiger partial charge is 0.253 e. The predicted octanol–water partition coefficient (Wildman–Crippen LogP) is -1.58. The molecule has 4 aromatic rings. The summed E-state index contributed by atoms with van der Waals surface area (Å²) in [6.45, 7) is 7.03. The standard InChI is InChI=1S/C52H73N15O11S/c1-27(2)19-38(50(76)64-36(45(55)71)17-18-79-6)65-51(77)40(21-31-23-56-26-60-31)63-43(70)25-59-52(78)44(28(3)4)67-46(72)29(5)61-49(75)39(20-30-22-57-35-14-10-8-11-32(30)35)66-48(74)37(15-16-41(54)68)62-42(69)24-58-47(73)33-12-7-9-13-34(33)53/h7-14,22-23,26-29,36-40,44,57H,15-21,24-25,53H2,1-6H3,(H2,54,68)(H2,55,71)(H,56,60)(H,58,73)(H,59,78)(H,61,75)(H,62,69)(H,63,70)(H,64,76)(H,65,77)(H,66,74)(H,67,72)/t29-,36-,37-,38-,39-,40-,44-/m0/s1. The first kappa shape index (κ1) is 63.0. The van der Waals surface area contributed by atoms with E-state index in [9.17, 15) is 52.7 Å². The van der Waals surface area contributed by atoms with Gasteiger partial charge in [-0.25, -0.2) is 4.98 Å². The minimum Gasteiger partial charge on any atom is -0.398 e. The molecule has 27 heteroatoms. The molecule has 0 aliphatic heterocycles. The topological polar surface area (TPSA) is 419 Å². The molecule has 4 rings (SSSR count). The lowest BCUT2D eigenvalue weighted by molar-refractivity contribution is -0.135. The third-order valence-electron chi connectivity index (χ3n) is 12.3. The number of thioether (sulfide) groups is 1. The molecule has 2 heterocycles. The van der Waals surface area contributed by atoms with Gasteiger partial charge in [0.2, 0.25) is 59.1 Å². The highest BCUT2D eigenvalue weighted by molar-refractivity contribution is 7.98. The van der Waals surface area contributed by atoms with Crippen molar-refractivity contribution in [1.82, 2.24) is 62.8 Å². The summed E-state index contributed by atoms with van der Waals surface area (Å²) in [5.74, 6) is -8.65. The van der Waals surface area contributed by atoms with Gasteiger partial charge in [0.25, 0.3) is 5.91 Å². The Kier molecular flexibility index (Phi) is 24.8. The van der Waals surface area contributed by atoms with Crippen molar-refractivity contribution in [2.75, 3.05) is 30.8 Å². The van der Waals surface area contributed by atoms with Crippen LogP contribution in [0.5, 0.6) is 0 Å². The summed E-state index contributed by atoms with van der Waals surface area (Å²) in [5, 5.41) is 23.8. The van der Waals surface area contributed by atoms with Crippen LogP contribution in [0, 0.1) is 11.8 Å². The fourth-order valence-corrected chi connectivity index (χ4v) is 8.54. The highest BCUT2D eigenvalue weighted by Crippen LogP contribution is 2.20. The Morgan fingerprint density at radius 1 is 0.620 bits per heavy atom. The number of benzene rings is 2. The molecule has 428 valence electrons. The van der Waals surface area contributed by atoms with Crippen molar-refractivity contribution in [3.05, 3.63) is 84.1 Å². The number of fused-ring (bicyclic) bond motifs is 1. The number of nitrogens with zero attached hydrogens (tertiary/aromatic N) is 1. The molecule has 0 aliphatic rings. The number of nitrogens with two attached hydrogens (primary N) is 3. The highest BCUT2D eigenvalue weighted by Gasteiger charge is 2.34. The first-order valence-electron chi connectivity index (χ1n) is 25.6. The molecule has 0 saturated carbocycles. The van der Waals surface area contributed by atoms with E-state index in [2.05, 4.69) is 62.8 Å². The number of hydrogen-bond acceptors (Lipinski definition) is 14. The number of carbonyl (C=O) groups is 11. The number of primary amides is 2. The van der Waals surface area contributed by atoms with E-state index in [4.69, 9.17) is 17.2 Å². The molecule has 2 aromatic heterocycles. The molecule has 0 radical (unpaired) electrons. The number of hydrogen-bond donors (Lipinski definition) is 14. The number of H-pyrrole nitrogens is 2. The molecule has 11 amide bonds. The van der Waals surface area contributed by atoms with E-state index in [-0.39, 0.29) is 55.7 Å². The van der Waals surface area contributed by atoms with Gasteiger partial charge in [0.05, 0.1) is 25.0 Å². The van der Waals surface area contributed by atoms with Crippen LogP contribution in [0.2, 0.25) is 0 Å². The monoisotopic (exact) mass is 1120 g/mol. The van der Waals surface area contributed by atoms with Crippen LogP contribution in [0.3, 0.4) is 0 Å². The van der Waals surface area contributed by atoms with E-state index in [0.29, 0.717) is 17.0 Å². The van der Waals surface area contributed by atoms with Crippen molar-refractivity contribution in [3.63, 3.8) is 0 Å². The van der Waals surface area contributed by atoms with Crippen molar-refractivity contribution in [1.29, 1.82) is 0 Å². The summed E-state index contributed by atoms with van der Waals surface area (Å²) in [5.41, 5.74) is 18.9. The van der Waals surface area contributed by atoms with Gasteiger partial charge in [0.1, 0.15) is 42.3 Å². The van der Waals surface area contributed by atoms with E-state index in [1.54, 1.807) is 56.4 Å². The van der Waals surface area contributed by atoms with Crippen LogP contribution < -0.4 is 65.1 Å². The zero-order chi connectivity index (χ0) is 58.3. The largest absolute Gasteiger partial charge is 0.398 e. The molecule has 26 nitrogen and oxygen atoms in total. The highest BCUT2D eigenvalue weighted by atomic mass is 32.2. The maximum atomic E-state index is 14.2. The van der Waals surface area contributed by atoms with Gasteiger partial charge in [0.15, 0.2) is 0 Å². The molecule has 0 saturated heterocycles. The number of anilines is 1. The first-order valence-corrected chi connectivity index (χ1v) is 27.0. The average Bonchev–Trinajstić information content (AvgIpc) is 4.10. The van der Waals surface area contributed by atoms with Crippen molar-refractivity contribution in [3.8, 4) is 0 Å². The molecule has 0 bridgehead atoms. The SMILES string of the molecule is CSCC[C@H](NC(=O)[C@H](CC(C)C)NC(=O)[C@H](Cc1cnc[nH]1)NC(=O)CNC(=O)[C@@H](NC(=O)[C@H](C)NC(=O)[C@H](Cc1c[nH]c2ccccc12)NC(=O)[C@H](CCC(N)=O)NC(=O)CNC(=O)c1ccccc1N)C(C)C)C(N)=O. The van der Waals surface area contributed by atoms with E-state index in [0.717, 1.165) is 10.9 Å². The Labute approximate surface area is 461 Å². The minimum absolute atomic E-state index is 0.0849. The van der Waals surface area contributed by atoms with E-state index in [1.807, 2.05) is 20.1 Å². The van der Waals surface area contributed by atoms with Crippen molar-refractivity contribution < 1.29 is 52.7 Å². The predicted molar refractivity (Wildman–Crippen MR) is 295 cm³/mol. The Morgan fingerprint density at radius 3 is 1.85 bits per heavy atom. The average molecular weight is 1120 g/mol. The number of imidazole rings is 1. The summed E-state index contributed by atoms with van der Waals surface area (Å²) in [7, 11) is 0. The number of aromatic nitrogens is 3. The van der Waals surface area contributed by atoms with Crippen molar-refractivity contribution >= 4 is 93.3 Å². The van der Waals surface area contributed by atoms with Crippen LogP contribution in [0.4, 0.5) is 5.69 Å². The second-order valence-electron chi connectivity index (χ2n) is 19.5. The number of carbonyl (C=O) groups excluding carboxylic acids is 11. The van der Waals surface area contributed by atoms with Gasteiger partial charge in [-0.1, -0.05) is 58.0 Å². The van der Waals surface area contributed by atoms with Crippen LogP contribution >= 0.6 is 11.8 Å². The Morgan fingerprint density at radius 2 is 1.22 bits per heavy atom. The van der Waals surface area contributed by atoms with Crippen LogP contribution in [-0.2, 0) is 60.8 Å². The first-order chi connectivity index (χ1) is 37.5. The quantitative estimate of drug-likeness (QED) is 0.0246. The van der Waals surface area contributed by atoms with Crippen molar-refractivity contribution in [2.24, 2.45) is 23.3 Å². The molecular weight excluding hydrogens is 1040 g/mol. The number of nitrogen functional groups attached to an aromatic ring is 1. The summed E-state index contributed by atoms with van der Waals surface area (Å²) in [6.07, 6.45) is 5.89. The van der Waals surface area contributed by atoms with Gasteiger partial charge >= 0.3 is 0 Å². The zero-order valence-corrected chi connectivity index (χ0v) is 45.8. The van der Waals surface area contributed by atoms with Crippen LogP contribution in [-0.4, -0.2) is 147 Å². The molecule has 0 aliphatic carbocycles. The molecule has 17 N–H and O–H groups in total. The minimum atomic E-state index is -1.43. The molecular formula is C52H73N15O11S. The van der Waals surface area contributed by atoms with E-state index >= 15 is 0 Å². The van der Waals surface area contributed by atoms with E-state index in [1.165, 1.54) is 43.3 Å². The Balaban J connectivity index is 1.44. The number of aromatic amines is 2. The number of rotatable bonds is 32. The van der Waals surface area contributed by atoms with Gasteiger partial charge < -0.3 is 75.0 Å². The maximum absolute atomic E-state index is 14.2. The summed E-state index contributed by atoms with van der Waals surface area (Å²) in [4.78, 5) is 156. The third-order valence-corrected chi connectivity index (χ3v) is 13.0. The van der Waals surface area contributed by atoms with Crippen LogP contribution in [0.1, 0.15) is 81.9 Å². The fourth-order valence-electron chi connectivity index (χ4n) is 8.07. The molecule has 0 fully saturated rings. The van der Waals surface area contributed by atoms with E-state index < -0.39 is 126 Å². The van der Waals surface area contributed by atoms with Gasteiger partial charge in [0, 0.05) is 53.9 Å². The van der Waals surface area contributed by atoms with Crippen molar-refractivity contribution in [2.45, 2.75) is 115 Å². The van der Waals surface area contributed by atoms with Gasteiger partial charge in [-0.2, -0.15) is 11.8 Å².